The second-order valence-corrected chi connectivity index (χ2v) is 4.85. The Morgan fingerprint density at radius 1 is 1.44 bits per heavy atom. The van der Waals surface area contributed by atoms with Crippen LogP contribution in [0.5, 0.6) is 0 Å². The lowest BCUT2D eigenvalue weighted by atomic mass is 9.83. The predicted octanol–water partition coefficient (Wildman–Crippen LogP) is 2.76. The molecule has 2 rings (SSSR count). The number of nitrogens with one attached hydrogen (secondary N) is 2. The average Bonchev–Trinajstić information content (AvgIpc) is 2.68. The number of nitrogens with zero attached hydrogens (tertiary/aromatic N) is 1. The molecular formula is C12H22N4. The molecule has 0 atom stereocenters. The van der Waals surface area contributed by atoms with Crippen LogP contribution in [0.2, 0.25) is 0 Å². The van der Waals surface area contributed by atoms with Crippen LogP contribution in [-0.4, -0.2) is 16.2 Å². The van der Waals surface area contributed by atoms with Gasteiger partial charge < -0.3 is 11.1 Å². The summed E-state index contributed by atoms with van der Waals surface area (Å²) in [5.41, 5.74) is 6.71. The lowest BCUT2D eigenvalue weighted by molar-refractivity contribution is 0.319. The molecule has 0 unspecified atom stereocenters. The minimum absolute atomic E-state index is 0.577. The van der Waals surface area contributed by atoms with Crippen molar-refractivity contribution in [3.63, 3.8) is 0 Å². The van der Waals surface area contributed by atoms with Gasteiger partial charge in [-0.25, -0.2) is 0 Å². The summed E-state index contributed by atoms with van der Waals surface area (Å²) in [6.07, 6.45) is 9.70. The van der Waals surface area contributed by atoms with E-state index in [1.807, 2.05) is 0 Å². The van der Waals surface area contributed by atoms with E-state index in [1.54, 1.807) is 6.20 Å². The van der Waals surface area contributed by atoms with Crippen molar-refractivity contribution in [3.8, 4) is 0 Å². The highest BCUT2D eigenvalue weighted by Gasteiger charge is 2.20. The molecule has 1 aromatic heterocycles. The molecule has 90 valence electrons. The van der Waals surface area contributed by atoms with E-state index in [4.69, 9.17) is 5.73 Å². The summed E-state index contributed by atoms with van der Waals surface area (Å²) >= 11 is 0. The Morgan fingerprint density at radius 2 is 2.19 bits per heavy atom. The fraction of sp³-hybridized carbons (Fsp3) is 0.750. The highest BCUT2D eigenvalue weighted by Crippen LogP contribution is 2.30. The molecule has 0 amide bonds. The quantitative estimate of drug-likeness (QED) is 0.734. The fourth-order valence-corrected chi connectivity index (χ4v) is 2.63. The van der Waals surface area contributed by atoms with Gasteiger partial charge in [0.1, 0.15) is 5.82 Å². The number of H-pyrrole nitrogens is 1. The van der Waals surface area contributed by atoms with Gasteiger partial charge in [0.15, 0.2) is 0 Å². The molecule has 0 spiro atoms. The third-order valence-corrected chi connectivity index (χ3v) is 3.57. The number of aromatic nitrogens is 2. The zero-order chi connectivity index (χ0) is 11.4. The van der Waals surface area contributed by atoms with Gasteiger partial charge in [-0.05, 0) is 31.6 Å². The van der Waals surface area contributed by atoms with Gasteiger partial charge in [-0.2, -0.15) is 5.10 Å². The minimum Gasteiger partial charge on any atom is -0.382 e. The molecule has 1 fully saturated rings. The van der Waals surface area contributed by atoms with Gasteiger partial charge in [-0.1, -0.05) is 19.8 Å². The van der Waals surface area contributed by atoms with E-state index >= 15 is 0 Å². The molecule has 1 saturated carbocycles. The molecule has 4 N–H and O–H groups in total. The maximum absolute atomic E-state index is 5.75. The van der Waals surface area contributed by atoms with Crippen molar-refractivity contribution < 1.29 is 0 Å². The molecule has 16 heavy (non-hydrogen) atoms. The van der Waals surface area contributed by atoms with Crippen LogP contribution in [0.25, 0.3) is 0 Å². The summed E-state index contributed by atoms with van der Waals surface area (Å²) in [6.45, 7) is 2.27. The number of anilines is 2. The topological polar surface area (TPSA) is 66.7 Å². The minimum atomic E-state index is 0.577. The molecule has 0 bridgehead atoms. The number of hydrogen-bond acceptors (Lipinski definition) is 3. The molecule has 0 aliphatic heterocycles. The van der Waals surface area contributed by atoms with Crippen LogP contribution < -0.4 is 11.1 Å². The Labute approximate surface area is 97.0 Å². The van der Waals surface area contributed by atoms with E-state index < -0.39 is 0 Å². The van der Waals surface area contributed by atoms with Gasteiger partial charge in [-0.15, -0.1) is 0 Å². The zero-order valence-electron chi connectivity index (χ0n) is 10.00. The van der Waals surface area contributed by atoms with Gasteiger partial charge in [0, 0.05) is 6.04 Å². The molecular weight excluding hydrogens is 200 g/mol. The Hall–Kier alpha value is -1.19. The summed E-state index contributed by atoms with van der Waals surface area (Å²) in [5.74, 6) is 1.60. The molecule has 1 heterocycles. The molecule has 4 nitrogen and oxygen atoms in total. The number of rotatable bonds is 4. The Bertz CT molecular complexity index is 313. The summed E-state index contributed by atoms with van der Waals surface area (Å²) in [7, 11) is 0. The summed E-state index contributed by atoms with van der Waals surface area (Å²) in [6, 6.07) is 0.577. The smallest absolute Gasteiger partial charge is 0.142 e. The number of hydrogen-bond donors (Lipinski definition) is 3. The third kappa shape index (κ3) is 2.68. The van der Waals surface area contributed by atoms with Crippen LogP contribution in [0.1, 0.15) is 45.4 Å². The third-order valence-electron chi connectivity index (χ3n) is 3.57. The largest absolute Gasteiger partial charge is 0.382 e. The molecule has 0 saturated heterocycles. The SMILES string of the molecule is CCCC1CCC(Nc2cn[nH]c2N)CC1. The summed E-state index contributed by atoms with van der Waals surface area (Å²) in [5, 5.41) is 10.1. The van der Waals surface area contributed by atoms with E-state index in [2.05, 4.69) is 22.4 Å². The molecule has 4 heteroatoms. The number of aromatic amines is 1. The highest BCUT2D eigenvalue weighted by molar-refractivity contribution is 5.60. The van der Waals surface area contributed by atoms with E-state index in [9.17, 15) is 0 Å². The van der Waals surface area contributed by atoms with Crippen molar-refractivity contribution >= 4 is 11.5 Å². The van der Waals surface area contributed by atoms with Crippen molar-refractivity contribution in [3.05, 3.63) is 6.20 Å². The van der Waals surface area contributed by atoms with Gasteiger partial charge in [0.05, 0.1) is 11.9 Å². The molecule has 1 aromatic rings. The first-order valence-corrected chi connectivity index (χ1v) is 6.35. The van der Waals surface area contributed by atoms with Crippen LogP contribution in [0.3, 0.4) is 0 Å². The maximum atomic E-state index is 5.75. The molecule has 1 aliphatic rings. The first-order valence-electron chi connectivity index (χ1n) is 6.35. The molecule has 1 aliphatic carbocycles. The normalized spacial score (nSPS) is 25.6. The number of nitrogens with two attached hydrogens (primary N) is 1. The Kier molecular flexibility index (Phi) is 3.70. The van der Waals surface area contributed by atoms with Crippen LogP contribution in [0.4, 0.5) is 11.5 Å². The van der Waals surface area contributed by atoms with Gasteiger partial charge in [-0.3, -0.25) is 5.10 Å². The highest BCUT2D eigenvalue weighted by atomic mass is 15.2. The second-order valence-electron chi connectivity index (χ2n) is 4.85. The first kappa shape index (κ1) is 11.3. The van der Waals surface area contributed by atoms with Crippen LogP contribution in [0, 0.1) is 5.92 Å². The standard InChI is InChI=1S/C12H22N4/c1-2-3-9-4-6-10(7-5-9)15-11-8-14-16-12(11)13/h8-10,15H,2-7H2,1H3,(H3,13,14,16). The lowest BCUT2D eigenvalue weighted by Crippen LogP contribution is -2.26. The maximum Gasteiger partial charge on any atom is 0.142 e. The van der Waals surface area contributed by atoms with Crippen molar-refractivity contribution in [2.75, 3.05) is 11.1 Å². The zero-order valence-corrected chi connectivity index (χ0v) is 10.00. The predicted molar refractivity (Wildman–Crippen MR) is 67.3 cm³/mol. The van der Waals surface area contributed by atoms with Crippen molar-refractivity contribution in [2.24, 2.45) is 5.92 Å². The second kappa shape index (κ2) is 5.23. The van der Waals surface area contributed by atoms with Gasteiger partial charge in [0.2, 0.25) is 0 Å². The lowest BCUT2D eigenvalue weighted by Gasteiger charge is -2.29. The van der Waals surface area contributed by atoms with Gasteiger partial charge in [0.25, 0.3) is 0 Å². The van der Waals surface area contributed by atoms with Crippen molar-refractivity contribution in [2.45, 2.75) is 51.5 Å². The Morgan fingerprint density at radius 3 is 2.75 bits per heavy atom. The molecule has 0 aromatic carbocycles. The fourth-order valence-electron chi connectivity index (χ4n) is 2.63. The average molecular weight is 222 g/mol. The van der Waals surface area contributed by atoms with Crippen molar-refractivity contribution in [1.29, 1.82) is 0 Å². The first-order chi connectivity index (χ1) is 7.79. The van der Waals surface area contributed by atoms with E-state index in [1.165, 1.54) is 38.5 Å². The Balaban J connectivity index is 1.79. The van der Waals surface area contributed by atoms with Crippen LogP contribution >= 0.6 is 0 Å². The van der Waals surface area contributed by atoms with E-state index in [0.29, 0.717) is 11.9 Å². The summed E-state index contributed by atoms with van der Waals surface area (Å²) in [4.78, 5) is 0. The van der Waals surface area contributed by atoms with Crippen LogP contribution in [-0.2, 0) is 0 Å². The summed E-state index contributed by atoms with van der Waals surface area (Å²) < 4.78 is 0. The van der Waals surface area contributed by atoms with Crippen LogP contribution in [0.15, 0.2) is 6.20 Å². The van der Waals surface area contributed by atoms with Crippen molar-refractivity contribution in [1.82, 2.24) is 10.2 Å². The van der Waals surface area contributed by atoms with Gasteiger partial charge >= 0.3 is 0 Å². The monoisotopic (exact) mass is 222 g/mol. The van der Waals surface area contributed by atoms with E-state index in [-0.39, 0.29) is 0 Å². The molecule has 0 radical (unpaired) electrons. The van der Waals surface area contributed by atoms with E-state index in [0.717, 1.165) is 11.6 Å². The number of nitrogen functional groups attached to an aromatic ring is 1.